The van der Waals surface area contributed by atoms with Crippen molar-refractivity contribution in [3.8, 4) is 6.07 Å². The third-order valence-corrected chi connectivity index (χ3v) is 14.2. The number of Topliss-reactive ketones (excluding diaryl/α,β-unsaturated/α-hetero) is 1. The Balaban J connectivity index is 1.24. The second-order valence-corrected chi connectivity index (χ2v) is 16.7. The average molecular weight is 695 g/mol. The summed E-state index contributed by atoms with van der Waals surface area (Å²) < 4.78 is 6.45. The third-order valence-electron chi connectivity index (χ3n) is 12.2. The molecule has 2 aliphatic carbocycles. The number of carbonyl (C=O) groups is 2. The molecule has 0 radical (unpaired) electrons. The Morgan fingerprint density at radius 2 is 1.96 bits per heavy atom. The largest absolute Gasteiger partial charge is 0.348 e. The van der Waals surface area contributed by atoms with E-state index in [4.69, 9.17) is 16.3 Å². The summed E-state index contributed by atoms with van der Waals surface area (Å²) in [6.45, 7) is 7.26. The highest BCUT2D eigenvalue weighted by atomic mass is 35.5. The van der Waals surface area contributed by atoms with Crippen molar-refractivity contribution in [2.75, 3.05) is 39.8 Å². The number of hydrogen-bond donors (Lipinski definition) is 1. The van der Waals surface area contributed by atoms with Gasteiger partial charge < -0.3 is 14.5 Å². The summed E-state index contributed by atoms with van der Waals surface area (Å²) in [6, 6.07) is 8.50. The van der Waals surface area contributed by atoms with E-state index in [9.17, 15) is 10.1 Å². The monoisotopic (exact) mass is 694 g/mol. The summed E-state index contributed by atoms with van der Waals surface area (Å²) >= 11 is 8.36. The molecule has 6 aliphatic rings. The van der Waals surface area contributed by atoms with Gasteiger partial charge in [-0.15, -0.1) is 11.8 Å². The molecule has 4 heterocycles. The number of thioether (sulfide) groups is 1. The minimum atomic E-state index is -0.537. The van der Waals surface area contributed by atoms with Gasteiger partial charge in [0.15, 0.2) is 12.1 Å². The predicted molar refractivity (Wildman–Crippen MR) is 188 cm³/mol. The molecule has 48 heavy (non-hydrogen) atoms. The van der Waals surface area contributed by atoms with Gasteiger partial charge >= 0.3 is 0 Å². The lowest BCUT2D eigenvalue weighted by Crippen LogP contribution is -2.77. The Morgan fingerprint density at radius 3 is 2.67 bits per heavy atom. The molecule has 1 aromatic carbocycles. The van der Waals surface area contributed by atoms with Crippen LogP contribution in [0.25, 0.3) is 0 Å². The number of piperazine rings is 1. The number of nitrogens with zero attached hydrogens (tertiary/aromatic N) is 5. The van der Waals surface area contributed by atoms with Gasteiger partial charge in [-0.1, -0.05) is 56.0 Å². The summed E-state index contributed by atoms with van der Waals surface area (Å²) in [6.07, 6.45) is 13.0. The molecule has 1 spiro atoms. The topological polar surface area (TPSA) is 92.2 Å². The van der Waals surface area contributed by atoms with E-state index >= 15 is 4.79 Å². The van der Waals surface area contributed by atoms with Crippen molar-refractivity contribution < 1.29 is 14.3 Å². The Hall–Kier alpha value is -1.97. The molecule has 3 saturated heterocycles. The second kappa shape index (κ2) is 14.7. The molecule has 260 valence electrons. The summed E-state index contributed by atoms with van der Waals surface area (Å²) in [5.41, 5.74) is 1.17. The fourth-order valence-corrected chi connectivity index (χ4v) is 11.5. The normalized spacial score (nSPS) is 35.3. The zero-order valence-corrected chi connectivity index (χ0v) is 29.9. The van der Waals surface area contributed by atoms with Crippen LogP contribution in [0.3, 0.4) is 0 Å². The number of carbonyl (C=O) groups excluding carboxylic acids is 2. The number of ether oxygens (including phenoxy) is 1. The molecule has 7 rings (SSSR count). The van der Waals surface area contributed by atoms with E-state index in [1.165, 1.54) is 43.7 Å². The van der Waals surface area contributed by atoms with E-state index in [2.05, 4.69) is 45.8 Å². The van der Waals surface area contributed by atoms with Crippen molar-refractivity contribution in [1.29, 1.82) is 5.26 Å². The minimum Gasteiger partial charge on any atom is -0.348 e. The van der Waals surface area contributed by atoms with E-state index in [0.29, 0.717) is 44.7 Å². The molecule has 1 N–H and O–H groups in total. The van der Waals surface area contributed by atoms with Gasteiger partial charge in [0.25, 0.3) is 0 Å². The molecule has 11 heteroatoms. The maximum Gasteiger partial charge on any atom is 0.246 e. The number of nitrogens with one attached hydrogen (secondary N) is 1. The van der Waals surface area contributed by atoms with Crippen molar-refractivity contribution in [2.24, 2.45) is 5.92 Å². The highest BCUT2D eigenvalue weighted by Gasteiger charge is 2.59. The van der Waals surface area contributed by atoms with Gasteiger partial charge in [0, 0.05) is 42.5 Å². The number of nitriles is 1. The summed E-state index contributed by atoms with van der Waals surface area (Å²) in [5.74, 6) is 0.207. The van der Waals surface area contributed by atoms with Crippen LogP contribution < -0.4 is 5.32 Å². The number of fused-ring (bicyclic) bond motifs is 2. The number of amides is 1. The van der Waals surface area contributed by atoms with Gasteiger partial charge in [-0.2, -0.15) is 5.26 Å². The van der Waals surface area contributed by atoms with Crippen LogP contribution in [0, 0.1) is 17.2 Å². The van der Waals surface area contributed by atoms with Gasteiger partial charge in [0.05, 0.1) is 47.1 Å². The first kappa shape index (κ1) is 34.5. The first-order valence-corrected chi connectivity index (χ1v) is 19.4. The summed E-state index contributed by atoms with van der Waals surface area (Å²) in [7, 11) is 2.19. The summed E-state index contributed by atoms with van der Waals surface area (Å²) in [5, 5.41) is 14.4. The quantitative estimate of drug-likeness (QED) is 0.312. The predicted octanol–water partition coefficient (Wildman–Crippen LogP) is 5.04. The van der Waals surface area contributed by atoms with Crippen LogP contribution in [0.1, 0.15) is 76.2 Å². The first-order valence-electron chi connectivity index (χ1n) is 18.2. The Kier molecular flexibility index (Phi) is 10.6. The standard InChI is InChI=1S/C37H51ClN6O3S/c1-3-31(45)43-21-20-42(23-27(43)16-18-39)35-29-15-17-37(22-25-10-8-14-30(38)33(25)48-37)34(46)32(29)40-36(47-24-28-13-9-19-41(28)2)44(35)26-11-6-4-5-7-12-26/h3,8,10,14,26-29,32,35-36,40H,1,4-7,9,11-13,15-17,19-24H2,2H3/t27?,28?,29?,32?,35?,36?,37-/m0/s1. The van der Waals surface area contributed by atoms with Crippen molar-refractivity contribution in [3.05, 3.63) is 41.4 Å². The Bertz CT molecular complexity index is 1420. The molecule has 0 aromatic heterocycles. The van der Waals surface area contributed by atoms with Crippen molar-refractivity contribution in [2.45, 2.75) is 123 Å². The molecule has 0 bridgehead atoms. The number of halogens is 1. The number of ketones is 1. The number of hydrogen-bond acceptors (Lipinski definition) is 9. The van der Waals surface area contributed by atoms with Gasteiger partial charge in [0.2, 0.25) is 5.91 Å². The van der Waals surface area contributed by atoms with Crippen LogP contribution in [-0.4, -0.2) is 113 Å². The van der Waals surface area contributed by atoms with Crippen LogP contribution in [0.15, 0.2) is 35.7 Å². The smallest absolute Gasteiger partial charge is 0.246 e. The molecule has 4 aliphatic heterocycles. The van der Waals surface area contributed by atoms with Gasteiger partial charge in [0.1, 0.15) is 0 Å². The maximum absolute atomic E-state index is 15.0. The molecule has 5 fully saturated rings. The van der Waals surface area contributed by atoms with Crippen molar-refractivity contribution in [1.82, 2.24) is 24.9 Å². The first-order chi connectivity index (χ1) is 23.3. The zero-order chi connectivity index (χ0) is 33.4. The Morgan fingerprint density at radius 1 is 1.15 bits per heavy atom. The average Bonchev–Trinajstić information content (AvgIpc) is 3.58. The van der Waals surface area contributed by atoms with Crippen LogP contribution in [0.5, 0.6) is 0 Å². The lowest BCUT2D eigenvalue weighted by molar-refractivity contribution is -0.213. The molecule has 9 nitrogen and oxygen atoms in total. The number of benzene rings is 1. The van der Waals surface area contributed by atoms with E-state index < -0.39 is 11.1 Å². The van der Waals surface area contributed by atoms with Crippen LogP contribution in [0.2, 0.25) is 5.02 Å². The lowest BCUT2D eigenvalue weighted by Gasteiger charge is -2.59. The maximum atomic E-state index is 15.0. The molecular weight excluding hydrogens is 644 g/mol. The fourth-order valence-electron chi connectivity index (χ4n) is 9.67. The molecule has 2 saturated carbocycles. The second-order valence-electron chi connectivity index (χ2n) is 14.9. The Labute approximate surface area is 295 Å². The SMILES string of the molecule is C=CC(=O)N1CCN(C2C3CC[C@]4(Cc5cccc(Cl)c5S4)C(=O)C3NC(OCC3CCCN3C)N2C2CCCCCC2)CC1CC#N. The highest BCUT2D eigenvalue weighted by Crippen LogP contribution is 2.55. The summed E-state index contributed by atoms with van der Waals surface area (Å²) in [4.78, 5) is 38.3. The third kappa shape index (κ3) is 6.50. The van der Waals surface area contributed by atoms with Crippen molar-refractivity contribution in [3.63, 3.8) is 0 Å². The molecule has 1 aromatic rings. The van der Waals surface area contributed by atoms with E-state index in [1.807, 2.05) is 17.0 Å². The lowest BCUT2D eigenvalue weighted by atomic mass is 9.71. The van der Waals surface area contributed by atoms with E-state index in [-0.39, 0.29) is 42.3 Å². The molecule has 1 amide bonds. The van der Waals surface area contributed by atoms with Gasteiger partial charge in [-0.25, -0.2) is 4.90 Å². The van der Waals surface area contributed by atoms with Gasteiger partial charge in [-0.05, 0) is 76.2 Å². The van der Waals surface area contributed by atoms with Gasteiger partial charge in [-0.3, -0.25) is 19.8 Å². The van der Waals surface area contributed by atoms with Crippen molar-refractivity contribution >= 4 is 35.1 Å². The van der Waals surface area contributed by atoms with Crippen LogP contribution >= 0.6 is 23.4 Å². The van der Waals surface area contributed by atoms with Crippen LogP contribution in [-0.2, 0) is 20.7 Å². The number of rotatable bonds is 7. The van der Waals surface area contributed by atoms with E-state index in [0.717, 1.165) is 48.6 Å². The number of likely N-dealkylation sites (N-methyl/N-ethyl adjacent to an activating group) is 1. The van der Waals surface area contributed by atoms with Crippen LogP contribution in [0.4, 0.5) is 0 Å². The fraction of sp³-hybridized carbons (Fsp3) is 0.703. The minimum absolute atomic E-state index is 0.0356. The zero-order valence-electron chi connectivity index (χ0n) is 28.3. The van der Waals surface area contributed by atoms with E-state index in [1.54, 1.807) is 11.8 Å². The molecular formula is C37H51ClN6O3S. The highest BCUT2D eigenvalue weighted by molar-refractivity contribution is 8.02. The molecule has 7 atom stereocenters. The number of likely N-dealkylation sites (tertiary alicyclic amines) is 1. The molecule has 6 unspecified atom stereocenters.